The van der Waals surface area contributed by atoms with E-state index in [1.165, 1.54) is 20.0 Å². The lowest BCUT2D eigenvalue weighted by atomic mass is 10.2. The highest BCUT2D eigenvalue weighted by atomic mass is 35.5. The first kappa shape index (κ1) is 16.3. The Hall–Kier alpha value is -1.07. The molecule has 0 radical (unpaired) electrons. The Kier molecular flexibility index (Phi) is 5.65. The summed E-state index contributed by atoms with van der Waals surface area (Å²) in [6.07, 6.45) is 5.52. The molecule has 0 aliphatic heterocycles. The molecule has 6 heteroatoms. The molecule has 0 spiro atoms. The van der Waals surface area contributed by atoms with E-state index in [-0.39, 0.29) is 5.97 Å². The summed E-state index contributed by atoms with van der Waals surface area (Å²) in [6.45, 7) is 2.99. The molecule has 1 saturated carbocycles. The van der Waals surface area contributed by atoms with E-state index < -0.39 is 0 Å². The number of aromatic nitrogens is 2. The summed E-state index contributed by atoms with van der Waals surface area (Å²) in [5.41, 5.74) is 1.89. The van der Waals surface area contributed by atoms with Crippen molar-refractivity contribution in [2.75, 3.05) is 13.7 Å². The van der Waals surface area contributed by atoms with E-state index in [0.29, 0.717) is 19.1 Å². The van der Waals surface area contributed by atoms with Crippen molar-refractivity contribution in [2.45, 2.75) is 51.6 Å². The van der Waals surface area contributed by atoms with Crippen LogP contribution in [0.25, 0.3) is 0 Å². The van der Waals surface area contributed by atoms with Crippen molar-refractivity contribution in [3.8, 4) is 0 Å². The molecule has 1 fully saturated rings. The van der Waals surface area contributed by atoms with E-state index in [9.17, 15) is 4.79 Å². The zero-order chi connectivity index (χ0) is 15.4. The number of nitrogens with zero attached hydrogens (tertiary/aromatic N) is 3. The topological polar surface area (TPSA) is 47.4 Å². The third kappa shape index (κ3) is 3.77. The van der Waals surface area contributed by atoms with Crippen LogP contribution in [0.1, 0.15) is 44.0 Å². The normalized spacial score (nSPS) is 15.9. The number of hydrogen-bond donors (Lipinski definition) is 0. The number of aryl methyl sites for hydroxylation is 2. The fourth-order valence-electron chi connectivity index (χ4n) is 3.00. The Bertz CT molecular complexity index is 495. The summed E-state index contributed by atoms with van der Waals surface area (Å²) in [6, 6.07) is 0.431. The molecule has 118 valence electrons. The third-order valence-corrected chi connectivity index (χ3v) is 4.69. The highest BCUT2D eigenvalue weighted by Crippen LogP contribution is 2.28. The second-order valence-electron chi connectivity index (χ2n) is 5.60. The van der Waals surface area contributed by atoms with Gasteiger partial charge in [-0.1, -0.05) is 31.4 Å². The second kappa shape index (κ2) is 7.27. The fraction of sp³-hybridized carbons (Fsp3) is 0.733. The predicted molar refractivity (Wildman–Crippen MR) is 82.3 cm³/mol. The number of methoxy groups -OCH3 is 1. The quantitative estimate of drug-likeness (QED) is 0.757. The van der Waals surface area contributed by atoms with Crippen molar-refractivity contribution in [1.82, 2.24) is 14.7 Å². The predicted octanol–water partition coefficient (Wildman–Crippen LogP) is 2.55. The number of hydrogen-bond acceptors (Lipinski definition) is 4. The Morgan fingerprint density at radius 2 is 2.14 bits per heavy atom. The lowest BCUT2D eigenvalue weighted by Crippen LogP contribution is -2.38. The average molecular weight is 314 g/mol. The molecule has 1 aliphatic carbocycles. The number of halogens is 1. The van der Waals surface area contributed by atoms with Gasteiger partial charge >= 0.3 is 5.97 Å². The summed E-state index contributed by atoms with van der Waals surface area (Å²) in [4.78, 5) is 13.9. The molecule has 0 aromatic carbocycles. The largest absolute Gasteiger partial charge is 0.468 e. The average Bonchev–Trinajstić information content (AvgIpc) is 3.09. The van der Waals surface area contributed by atoms with Gasteiger partial charge in [-0.2, -0.15) is 5.10 Å². The lowest BCUT2D eigenvalue weighted by Gasteiger charge is -2.27. The molecule has 5 nitrogen and oxygen atoms in total. The molecular weight excluding hydrogens is 290 g/mol. The fourth-order valence-corrected chi connectivity index (χ4v) is 3.35. The Morgan fingerprint density at radius 1 is 1.48 bits per heavy atom. The molecule has 0 N–H and O–H groups in total. The van der Waals surface area contributed by atoms with Gasteiger partial charge in [0.1, 0.15) is 0 Å². The van der Waals surface area contributed by atoms with Crippen LogP contribution in [0.5, 0.6) is 0 Å². The van der Waals surface area contributed by atoms with Gasteiger partial charge in [-0.05, 0) is 19.3 Å². The van der Waals surface area contributed by atoms with Crippen LogP contribution in [0.2, 0.25) is 5.02 Å². The highest BCUT2D eigenvalue weighted by Gasteiger charge is 2.27. The smallest absolute Gasteiger partial charge is 0.319 e. The van der Waals surface area contributed by atoms with Gasteiger partial charge in [0.15, 0.2) is 0 Å². The van der Waals surface area contributed by atoms with Crippen LogP contribution in [-0.4, -0.2) is 40.3 Å². The van der Waals surface area contributed by atoms with Gasteiger partial charge in [-0.3, -0.25) is 14.4 Å². The number of ether oxygens (including phenoxy) is 1. The monoisotopic (exact) mass is 313 g/mol. The van der Waals surface area contributed by atoms with Gasteiger partial charge in [0.2, 0.25) is 0 Å². The summed E-state index contributed by atoms with van der Waals surface area (Å²) >= 11 is 6.42. The molecule has 0 bridgehead atoms. The zero-order valence-corrected chi connectivity index (χ0v) is 13.8. The molecule has 1 aliphatic rings. The summed E-state index contributed by atoms with van der Waals surface area (Å²) in [7, 11) is 3.34. The second-order valence-corrected chi connectivity index (χ2v) is 5.98. The van der Waals surface area contributed by atoms with Crippen LogP contribution in [0, 0.1) is 0 Å². The maximum absolute atomic E-state index is 11.7. The standard InChI is InChI=1S/C15H24ClN3O2/c1-4-12-15(16)13(18(2)17-12)9-19(10-14(20)21-3)11-7-5-6-8-11/h11H,4-10H2,1-3H3. The van der Waals surface area contributed by atoms with Crippen LogP contribution in [0.4, 0.5) is 0 Å². The highest BCUT2D eigenvalue weighted by molar-refractivity contribution is 6.31. The van der Waals surface area contributed by atoms with Crippen LogP contribution in [0.15, 0.2) is 0 Å². The minimum absolute atomic E-state index is 0.198. The minimum Gasteiger partial charge on any atom is -0.468 e. The molecule has 1 aromatic rings. The first-order valence-electron chi connectivity index (χ1n) is 7.57. The van der Waals surface area contributed by atoms with Crippen LogP contribution in [-0.2, 0) is 29.5 Å². The van der Waals surface area contributed by atoms with Gasteiger partial charge in [-0.15, -0.1) is 0 Å². The van der Waals surface area contributed by atoms with Crippen LogP contribution in [0.3, 0.4) is 0 Å². The van der Waals surface area contributed by atoms with E-state index in [0.717, 1.165) is 35.7 Å². The van der Waals surface area contributed by atoms with E-state index in [1.807, 2.05) is 18.7 Å². The van der Waals surface area contributed by atoms with Crippen molar-refractivity contribution < 1.29 is 9.53 Å². The summed E-state index contributed by atoms with van der Waals surface area (Å²) in [5, 5.41) is 5.18. The Balaban J connectivity index is 2.17. The van der Waals surface area contributed by atoms with Gasteiger partial charge in [-0.25, -0.2) is 0 Å². The third-order valence-electron chi connectivity index (χ3n) is 4.26. The molecule has 1 heterocycles. The minimum atomic E-state index is -0.198. The van der Waals surface area contributed by atoms with Crippen molar-refractivity contribution >= 4 is 17.6 Å². The number of carbonyl (C=O) groups is 1. The first-order chi connectivity index (χ1) is 10.1. The SMILES string of the molecule is CCc1nn(C)c(CN(CC(=O)OC)C2CCCC2)c1Cl. The molecule has 1 aromatic heterocycles. The molecule has 21 heavy (non-hydrogen) atoms. The number of esters is 1. The van der Waals surface area contributed by atoms with Gasteiger partial charge in [0, 0.05) is 19.6 Å². The Labute approximate surface area is 131 Å². The van der Waals surface area contributed by atoms with Crippen LogP contribution >= 0.6 is 11.6 Å². The van der Waals surface area contributed by atoms with Crippen molar-refractivity contribution in [2.24, 2.45) is 7.05 Å². The molecule has 2 rings (SSSR count). The maximum atomic E-state index is 11.7. The zero-order valence-electron chi connectivity index (χ0n) is 13.1. The number of rotatable bonds is 6. The molecule has 0 amide bonds. The van der Waals surface area contributed by atoms with Crippen molar-refractivity contribution in [3.05, 3.63) is 16.4 Å². The van der Waals surface area contributed by atoms with Crippen molar-refractivity contribution in [3.63, 3.8) is 0 Å². The molecule has 0 atom stereocenters. The Morgan fingerprint density at radius 3 is 2.67 bits per heavy atom. The number of carbonyl (C=O) groups excluding carboxylic acids is 1. The van der Waals surface area contributed by atoms with Crippen LogP contribution < -0.4 is 0 Å². The van der Waals surface area contributed by atoms with E-state index >= 15 is 0 Å². The summed E-state index contributed by atoms with van der Waals surface area (Å²) in [5.74, 6) is -0.198. The van der Waals surface area contributed by atoms with Gasteiger partial charge < -0.3 is 4.74 Å². The van der Waals surface area contributed by atoms with E-state index in [2.05, 4.69) is 10.00 Å². The molecular formula is C15H24ClN3O2. The van der Waals surface area contributed by atoms with E-state index in [4.69, 9.17) is 16.3 Å². The first-order valence-corrected chi connectivity index (χ1v) is 7.95. The summed E-state index contributed by atoms with van der Waals surface area (Å²) < 4.78 is 6.66. The van der Waals surface area contributed by atoms with Gasteiger partial charge in [0.05, 0.1) is 30.1 Å². The lowest BCUT2D eigenvalue weighted by molar-refractivity contribution is -0.142. The molecule has 0 unspecified atom stereocenters. The van der Waals surface area contributed by atoms with Gasteiger partial charge in [0.25, 0.3) is 0 Å². The van der Waals surface area contributed by atoms with Crippen molar-refractivity contribution in [1.29, 1.82) is 0 Å². The molecule has 0 saturated heterocycles. The van der Waals surface area contributed by atoms with E-state index in [1.54, 1.807) is 0 Å². The maximum Gasteiger partial charge on any atom is 0.319 e.